The monoisotopic (exact) mass is 687 g/mol. The number of anilines is 1. The molecule has 0 N–H and O–H groups in total. The first kappa shape index (κ1) is 35.4. The molecule has 1 saturated carbocycles. The van der Waals surface area contributed by atoms with Crippen molar-refractivity contribution in [2.75, 3.05) is 52.3 Å². The van der Waals surface area contributed by atoms with Crippen LogP contribution in [0.5, 0.6) is 0 Å². The molecule has 2 aliphatic heterocycles. The first-order chi connectivity index (χ1) is 21.5. The number of aromatic nitrogens is 4. The fraction of sp³-hybridized carbons (Fsp3) is 0.800. The van der Waals surface area contributed by atoms with Crippen LogP contribution in [0, 0.1) is 0 Å². The normalized spacial score (nSPS) is 25.3. The molecule has 4 atom stereocenters. The van der Waals surface area contributed by atoms with Gasteiger partial charge in [-0.1, -0.05) is 12.8 Å². The van der Waals surface area contributed by atoms with Gasteiger partial charge in [-0.15, -0.1) is 0 Å². The van der Waals surface area contributed by atoms with Crippen molar-refractivity contribution in [2.24, 2.45) is 0 Å². The predicted octanol–water partition coefficient (Wildman–Crippen LogP) is 5.21. The summed E-state index contributed by atoms with van der Waals surface area (Å²) >= 11 is 6.53. The van der Waals surface area contributed by atoms with Crippen LogP contribution in [-0.4, -0.2) is 114 Å². The summed E-state index contributed by atoms with van der Waals surface area (Å²) < 4.78 is 57.2. The molecule has 1 amide bonds. The van der Waals surface area contributed by atoms with Gasteiger partial charge in [0.25, 0.3) is 0 Å². The zero-order valence-corrected chi connectivity index (χ0v) is 29.8. The van der Waals surface area contributed by atoms with Crippen molar-refractivity contribution in [2.45, 2.75) is 108 Å². The maximum atomic E-state index is 13.6. The number of amides is 1. The van der Waals surface area contributed by atoms with Crippen LogP contribution in [0.4, 0.5) is 10.6 Å². The van der Waals surface area contributed by atoms with Crippen molar-refractivity contribution >= 4 is 41.7 Å². The van der Waals surface area contributed by atoms with Gasteiger partial charge in [0.1, 0.15) is 31.1 Å². The van der Waals surface area contributed by atoms with E-state index in [2.05, 4.69) is 15.1 Å². The number of ether oxygens (including phenoxy) is 7. The summed E-state index contributed by atoms with van der Waals surface area (Å²) in [5.74, 6) is -0.598. The van der Waals surface area contributed by atoms with Crippen molar-refractivity contribution in [3.05, 3.63) is 11.5 Å². The van der Waals surface area contributed by atoms with Gasteiger partial charge in [0.2, 0.25) is 5.28 Å². The van der Waals surface area contributed by atoms with Crippen LogP contribution >= 0.6 is 18.7 Å². The first-order valence-corrected chi connectivity index (χ1v) is 18.6. The van der Waals surface area contributed by atoms with Crippen LogP contribution in [-0.2, 0) is 37.7 Å². The fourth-order valence-electron chi connectivity index (χ4n) is 6.41. The van der Waals surface area contributed by atoms with Crippen molar-refractivity contribution in [3.8, 4) is 0 Å². The lowest BCUT2D eigenvalue weighted by Crippen LogP contribution is -2.45. The third-order valence-electron chi connectivity index (χ3n) is 8.52. The predicted molar refractivity (Wildman–Crippen MR) is 171 cm³/mol. The first-order valence-electron chi connectivity index (χ1n) is 15.6. The molecule has 14 nitrogen and oxygen atoms in total. The van der Waals surface area contributed by atoms with Crippen molar-refractivity contribution < 1.29 is 42.5 Å². The lowest BCUT2D eigenvalue weighted by Gasteiger charge is -2.37. The minimum absolute atomic E-state index is 0.0176. The van der Waals surface area contributed by atoms with Gasteiger partial charge in [-0.3, -0.25) is 4.90 Å². The lowest BCUT2D eigenvalue weighted by atomic mass is 10.1. The highest BCUT2D eigenvalue weighted by molar-refractivity contribution is 7.63. The van der Waals surface area contributed by atoms with Gasteiger partial charge in [-0.2, -0.15) is 15.1 Å². The van der Waals surface area contributed by atoms with Gasteiger partial charge in [0, 0.05) is 20.3 Å². The van der Waals surface area contributed by atoms with Gasteiger partial charge in [0.05, 0.1) is 31.4 Å². The standard InChI is InChI=1S/C30H47ClN5O9P/c1-28(2,3)45-27(37)35(18-12-10-11-13-18)23-19-14-32-36(24(19)34-26(31)33-23)25-22-21(43-29(4,5)44-22)20(42-25)15-41-30(16-39-6,17-40-7)46(8,9)38/h14,18,20-22,25H,10-13,15-17H2,1-9H3/t20-,21-,22-,25-/m1/s1. The summed E-state index contributed by atoms with van der Waals surface area (Å²) in [5.41, 5.74) is -0.349. The van der Waals surface area contributed by atoms with E-state index >= 15 is 0 Å². The molecule has 1 aliphatic carbocycles. The number of rotatable bonds is 11. The van der Waals surface area contributed by atoms with E-state index in [1.54, 1.807) is 29.1 Å². The molecule has 0 unspecified atom stereocenters. The number of hydrogen-bond acceptors (Lipinski definition) is 12. The van der Waals surface area contributed by atoms with Crippen LogP contribution in [0.2, 0.25) is 5.28 Å². The lowest BCUT2D eigenvalue weighted by molar-refractivity contribution is -0.208. The highest BCUT2D eigenvalue weighted by Crippen LogP contribution is 2.53. The number of nitrogens with zero attached hydrogens (tertiary/aromatic N) is 5. The van der Waals surface area contributed by atoms with E-state index in [0.717, 1.165) is 25.7 Å². The van der Waals surface area contributed by atoms with E-state index in [1.807, 2.05) is 34.6 Å². The van der Waals surface area contributed by atoms with Gasteiger partial charge >= 0.3 is 6.09 Å². The smallest absolute Gasteiger partial charge is 0.416 e. The number of carbonyl (C=O) groups excluding carboxylic acids is 1. The summed E-state index contributed by atoms with van der Waals surface area (Å²) in [6.45, 7) is 12.6. The van der Waals surface area contributed by atoms with Crippen LogP contribution in [0.3, 0.4) is 0 Å². The van der Waals surface area contributed by atoms with E-state index in [-0.39, 0.29) is 31.1 Å². The Hall–Kier alpha value is -1.90. The Morgan fingerprint density at radius 2 is 1.74 bits per heavy atom. The molecule has 258 valence electrons. The summed E-state index contributed by atoms with van der Waals surface area (Å²) in [6.07, 6.45) is 2.10. The molecular formula is C30H47ClN5O9P. The van der Waals surface area contributed by atoms with Crippen molar-refractivity contribution in [1.82, 2.24) is 19.7 Å². The van der Waals surface area contributed by atoms with E-state index in [0.29, 0.717) is 16.9 Å². The van der Waals surface area contributed by atoms with E-state index in [1.165, 1.54) is 14.2 Å². The minimum atomic E-state index is -2.89. The van der Waals surface area contributed by atoms with Gasteiger partial charge < -0.3 is 37.7 Å². The third-order valence-corrected chi connectivity index (χ3v) is 11.0. The highest BCUT2D eigenvalue weighted by Gasteiger charge is 2.57. The topological polar surface area (TPSA) is 146 Å². The molecule has 16 heteroatoms. The van der Waals surface area contributed by atoms with Gasteiger partial charge in [-0.25, -0.2) is 9.48 Å². The van der Waals surface area contributed by atoms with E-state index in [4.69, 9.17) is 44.8 Å². The molecule has 2 saturated heterocycles. The molecule has 0 aromatic carbocycles. The Balaban J connectivity index is 1.51. The average Bonchev–Trinajstić information content (AvgIpc) is 3.71. The number of hydrogen-bond donors (Lipinski definition) is 0. The quantitative estimate of drug-likeness (QED) is 0.226. The summed E-state index contributed by atoms with van der Waals surface area (Å²) in [7, 11) is 0.164. The maximum Gasteiger partial charge on any atom is 0.416 e. The van der Waals surface area contributed by atoms with Crippen molar-refractivity contribution in [1.29, 1.82) is 0 Å². The number of halogens is 1. The largest absolute Gasteiger partial charge is 0.443 e. The average molecular weight is 688 g/mol. The molecule has 2 aromatic heterocycles. The second kappa shape index (κ2) is 13.2. The van der Waals surface area contributed by atoms with Crippen LogP contribution in [0.1, 0.15) is 66.5 Å². The SMILES string of the molecule is COCC(COC)(OC[C@H]1O[C@@H](n2ncc3c(N(C(=O)OC(C)(C)C)C4CCCC4)nc(Cl)nc32)[C@@H]2OC(C)(C)O[C@@H]21)P(C)(C)=O. The molecule has 5 rings (SSSR count). The molecule has 4 heterocycles. The molecular weight excluding hydrogens is 641 g/mol. The molecule has 0 radical (unpaired) electrons. The molecule has 0 bridgehead atoms. The molecule has 3 aliphatic rings. The Morgan fingerprint density at radius 1 is 1.11 bits per heavy atom. The summed E-state index contributed by atoms with van der Waals surface area (Å²) in [5, 5.41) is 3.93. The summed E-state index contributed by atoms with van der Waals surface area (Å²) in [4.78, 5) is 24.2. The Kier molecular flexibility index (Phi) is 10.2. The Bertz CT molecular complexity index is 1450. The van der Waals surface area contributed by atoms with E-state index in [9.17, 15) is 9.36 Å². The van der Waals surface area contributed by atoms with Gasteiger partial charge in [-0.05, 0) is 72.4 Å². The third kappa shape index (κ3) is 7.10. The van der Waals surface area contributed by atoms with Crippen LogP contribution in [0.15, 0.2) is 6.20 Å². The number of fused-ring (bicyclic) bond motifs is 2. The summed E-state index contributed by atoms with van der Waals surface area (Å²) in [6, 6.07) is -0.110. The molecule has 46 heavy (non-hydrogen) atoms. The van der Waals surface area contributed by atoms with Gasteiger partial charge in [0.15, 0.2) is 28.8 Å². The maximum absolute atomic E-state index is 13.6. The Morgan fingerprint density at radius 3 is 2.33 bits per heavy atom. The number of methoxy groups -OCH3 is 2. The van der Waals surface area contributed by atoms with E-state index < -0.39 is 54.5 Å². The second-order valence-electron chi connectivity index (χ2n) is 14.0. The Labute approximate surface area is 275 Å². The molecule has 0 spiro atoms. The van der Waals surface area contributed by atoms with Crippen molar-refractivity contribution in [3.63, 3.8) is 0 Å². The number of carbonyl (C=O) groups is 1. The minimum Gasteiger partial charge on any atom is -0.443 e. The zero-order chi connectivity index (χ0) is 33.7. The second-order valence-corrected chi connectivity index (χ2v) is 17.9. The zero-order valence-electron chi connectivity index (χ0n) is 28.1. The fourth-order valence-corrected chi connectivity index (χ4v) is 7.83. The highest BCUT2D eigenvalue weighted by atomic mass is 35.5. The van der Waals surface area contributed by atoms with Crippen LogP contribution in [0.25, 0.3) is 11.0 Å². The molecule has 2 aromatic rings. The molecule has 3 fully saturated rings. The van der Waals surface area contributed by atoms with Crippen LogP contribution < -0.4 is 4.90 Å².